The summed E-state index contributed by atoms with van der Waals surface area (Å²) in [5, 5.41) is 24.6. The first-order chi connectivity index (χ1) is 19.6. The quantitative estimate of drug-likeness (QED) is 0.515. The van der Waals surface area contributed by atoms with Gasteiger partial charge in [-0.25, -0.2) is 18.4 Å². The molecular weight excluding hydrogens is 532 g/mol. The maximum Gasteiger partial charge on any atom is 0.328 e. The SMILES string of the molecule is N#Cc1ccc(N2CCN(C3CC4CC5(C=Cc6cc(F)ccc6O5)CC4C3)CC2)cc1F.O=C(O)/C=C/C(=O)O. The number of ether oxygens (including phenoxy) is 1. The number of rotatable bonds is 4. The molecular formula is C31H31F2N3O5. The zero-order valence-electron chi connectivity index (χ0n) is 22.4. The molecule has 2 aliphatic heterocycles. The van der Waals surface area contributed by atoms with Crippen molar-refractivity contribution in [2.45, 2.75) is 37.3 Å². The summed E-state index contributed by atoms with van der Waals surface area (Å²) in [5.41, 5.74) is 1.55. The zero-order chi connectivity index (χ0) is 29.1. The molecule has 0 amide bonds. The minimum Gasteiger partial charge on any atom is -0.483 e. The van der Waals surface area contributed by atoms with Crippen LogP contribution in [0.2, 0.25) is 0 Å². The fraction of sp³-hybridized carbons (Fsp3) is 0.387. The third-order valence-electron chi connectivity index (χ3n) is 8.52. The highest BCUT2D eigenvalue weighted by Gasteiger charge is 2.51. The number of carbonyl (C=O) groups is 2. The molecule has 6 rings (SSSR count). The molecule has 2 saturated carbocycles. The smallest absolute Gasteiger partial charge is 0.328 e. The number of aliphatic carboxylic acids is 2. The highest BCUT2D eigenvalue weighted by Crippen LogP contribution is 2.53. The Morgan fingerprint density at radius 2 is 1.63 bits per heavy atom. The Labute approximate surface area is 236 Å². The molecule has 214 valence electrons. The highest BCUT2D eigenvalue weighted by atomic mass is 19.1. The Bertz CT molecular complexity index is 1400. The molecule has 4 aliphatic rings. The Kier molecular flexibility index (Phi) is 8.08. The molecule has 2 aliphatic carbocycles. The van der Waals surface area contributed by atoms with Crippen LogP contribution in [0.4, 0.5) is 14.5 Å². The normalized spacial score (nSPS) is 26.6. The average molecular weight is 564 g/mol. The van der Waals surface area contributed by atoms with E-state index in [4.69, 9.17) is 20.2 Å². The van der Waals surface area contributed by atoms with E-state index < -0.39 is 17.8 Å². The molecule has 2 unspecified atom stereocenters. The average Bonchev–Trinajstić information content (AvgIpc) is 3.48. The lowest BCUT2D eigenvalue weighted by atomic mass is 9.92. The van der Waals surface area contributed by atoms with E-state index >= 15 is 0 Å². The van der Waals surface area contributed by atoms with Gasteiger partial charge in [0, 0.05) is 55.6 Å². The zero-order valence-corrected chi connectivity index (χ0v) is 22.4. The summed E-state index contributed by atoms with van der Waals surface area (Å²) in [6.07, 6.45) is 9.78. The van der Waals surface area contributed by atoms with E-state index in [1.165, 1.54) is 31.0 Å². The Balaban J connectivity index is 0.000000372. The first-order valence-electron chi connectivity index (χ1n) is 13.6. The monoisotopic (exact) mass is 563 g/mol. The molecule has 8 nitrogen and oxygen atoms in total. The van der Waals surface area contributed by atoms with Crippen molar-refractivity contribution in [1.82, 2.24) is 4.90 Å². The van der Waals surface area contributed by atoms with E-state index in [1.54, 1.807) is 12.1 Å². The van der Waals surface area contributed by atoms with Gasteiger partial charge in [-0.2, -0.15) is 5.26 Å². The summed E-state index contributed by atoms with van der Waals surface area (Å²) in [4.78, 5) is 23.9. The van der Waals surface area contributed by atoms with Gasteiger partial charge in [-0.3, -0.25) is 4.90 Å². The fourth-order valence-corrected chi connectivity index (χ4v) is 6.68. The number of anilines is 1. The van der Waals surface area contributed by atoms with Crippen molar-refractivity contribution in [3.63, 3.8) is 0 Å². The number of fused-ring (bicyclic) bond motifs is 2. The molecule has 2 atom stereocenters. The van der Waals surface area contributed by atoms with Gasteiger partial charge < -0.3 is 19.8 Å². The Morgan fingerprint density at radius 3 is 2.22 bits per heavy atom. The van der Waals surface area contributed by atoms with Gasteiger partial charge >= 0.3 is 11.9 Å². The lowest BCUT2D eigenvalue weighted by Gasteiger charge is -2.40. The minimum atomic E-state index is -1.26. The van der Waals surface area contributed by atoms with Gasteiger partial charge in [0.15, 0.2) is 0 Å². The predicted octanol–water partition coefficient (Wildman–Crippen LogP) is 4.70. The summed E-state index contributed by atoms with van der Waals surface area (Å²) in [6, 6.07) is 12.2. The Hall–Kier alpha value is -4.23. The van der Waals surface area contributed by atoms with E-state index in [0.717, 1.165) is 56.0 Å². The van der Waals surface area contributed by atoms with Gasteiger partial charge in [-0.15, -0.1) is 0 Å². The first kappa shape index (κ1) is 28.3. The Morgan fingerprint density at radius 1 is 0.976 bits per heavy atom. The van der Waals surface area contributed by atoms with Crippen LogP contribution in [-0.2, 0) is 9.59 Å². The summed E-state index contributed by atoms with van der Waals surface area (Å²) in [5.74, 6) is -1.07. The molecule has 0 bridgehead atoms. The molecule has 2 aromatic carbocycles. The van der Waals surface area contributed by atoms with Gasteiger partial charge in [0.2, 0.25) is 0 Å². The number of nitriles is 1. The van der Waals surface area contributed by atoms with Crippen LogP contribution in [0.3, 0.4) is 0 Å². The molecule has 2 N–H and O–H groups in total. The topological polar surface area (TPSA) is 114 Å². The maximum absolute atomic E-state index is 14.0. The van der Waals surface area contributed by atoms with Crippen LogP contribution >= 0.6 is 0 Å². The summed E-state index contributed by atoms with van der Waals surface area (Å²) in [6.45, 7) is 3.71. The van der Waals surface area contributed by atoms with Crippen molar-refractivity contribution in [3.8, 4) is 11.8 Å². The number of carboxylic acid groups (broad SMARTS) is 2. The van der Waals surface area contributed by atoms with Crippen molar-refractivity contribution in [2.75, 3.05) is 31.1 Å². The number of piperazine rings is 1. The summed E-state index contributed by atoms with van der Waals surface area (Å²) >= 11 is 0. The van der Waals surface area contributed by atoms with Crippen LogP contribution in [0, 0.1) is 34.8 Å². The lowest BCUT2D eigenvalue weighted by Crippen LogP contribution is -2.50. The number of hydrogen-bond acceptors (Lipinski definition) is 6. The van der Waals surface area contributed by atoms with Crippen molar-refractivity contribution < 1.29 is 33.3 Å². The van der Waals surface area contributed by atoms with E-state index in [2.05, 4.69) is 15.9 Å². The second-order valence-corrected chi connectivity index (χ2v) is 11.0. The van der Waals surface area contributed by atoms with Gasteiger partial charge in [0.25, 0.3) is 0 Å². The van der Waals surface area contributed by atoms with E-state index in [1.807, 2.05) is 18.2 Å². The van der Waals surface area contributed by atoms with Crippen LogP contribution in [0.1, 0.15) is 36.8 Å². The third-order valence-corrected chi connectivity index (χ3v) is 8.52. The van der Waals surface area contributed by atoms with Crippen LogP contribution in [0.25, 0.3) is 6.08 Å². The molecule has 0 aromatic heterocycles. The standard InChI is InChI=1S/C27H27F2N3O.C4H4O4/c28-22-2-4-26-18(11-22)5-6-27(33-26)15-20-12-24(13-21(20)16-27)32-9-7-31(8-10-32)23-3-1-19(17-30)25(29)14-23;5-3(6)1-2-4(7)8/h1-6,11,14,20-21,24H,7-10,12-13,15-16H2;1-2H,(H,5,6)(H,7,8)/b;2-1+. The summed E-state index contributed by atoms with van der Waals surface area (Å²) in [7, 11) is 0. The fourth-order valence-electron chi connectivity index (χ4n) is 6.68. The van der Waals surface area contributed by atoms with Crippen LogP contribution < -0.4 is 9.64 Å². The van der Waals surface area contributed by atoms with E-state index in [9.17, 15) is 18.4 Å². The number of hydrogen-bond donors (Lipinski definition) is 2. The van der Waals surface area contributed by atoms with Crippen LogP contribution in [0.15, 0.2) is 54.6 Å². The molecule has 1 saturated heterocycles. The second-order valence-electron chi connectivity index (χ2n) is 11.0. The molecule has 2 aromatic rings. The molecule has 0 radical (unpaired) electrons. The van der Waals surface area contributed by atoms with Crippen molar-refractivity contribution in [1.29, 1.82) is 5.26 Å². The largest absolute Gasteiger partial charge is 0.483 e. The molecule has 1 spiro atoms. The molecule has 10 heteroatoms. The molecule has 41 heavy (non-hydrogen) atoms. The van der Waals surface area contributed by atoms with Crippen molar-refractivity contribution in [3.05, 3.63) is 77.4 Å². The predicted molar refractivity (Wildman–Crippen MR) is 147 cm³/mol. The van der Waals surface area contributed by atoms with Crippen LogP contribution in [-0.4, -0.2) is 64.9 Å². The number of carboxylic acids is 2. The summed E-state index contributed by atoms with van der Waals surface area (Å²) < 4.78 is 34.0. The highest BCUT2D eigenvalue weighted by molar-refractivity contribution is 5.89. The lowest BCUT2D eigenvalue weighted by molar-refractivity contribution is -0.134. The molecule has 2 heterocycles. The van der Waals surface area contributed by atoms with Gasteiger partial charge in [-0.1, -0.05) is 6.08 Å². The second kappa shape index (κ2) is 11.7. The maximum atomic E-state index is 14.0. The molecule has 3 fully saturated rings. The van der Waals surface area contributed by atoms with E-state index in [0.29, 0.717) is 30.0 Å². The van der Waals surface area contributed by atoms with Crippen molar-refractivity contribution >= 4 is 23.7 Å². The van der Waals surface area contributed by atoms with Crippen molar-refractivity contribution in [2.24, 2.45) is 11.8 Å². The van der Waals surface area contributed by atoms with Gasteiger partial charge in [-0.05, 0) is 80.0 Å². The third kappa shape index (κ3) is 6.41. The minimum absolute atomic E-state index is 0.0973. The van der Waals surface area contributed by atoms with Crippen LogP contribution in [0.5, 0.6) is 5.75 Å². The van der Waals surface area contributed by atoms with E-state index in [-0.39, 0.29) is 17.0 Å². The van der Waals surface area contributed by atoms with Gasteiger partial charge in [0.05, 0.1) is 5.56 Å². The number of benzene rings is 2. The number of halogens is 2. The first-order valence-corrected chi connectivity index (χ1v) is 13.6. The number of nitrogens with zero attached hydrogens (tertiary/aromatic N) is 3. The van der Waals surface area contributed by atoms with Gasteiger partial charge in [0.1, 0.15) is 29.1 Å².